The van der Waals surface area contributed by atoms with Gasteiger partial charge in [0.1, 0.15) is 17.5 Å². The number of rotatable bonds is 6. The Morgan fingerprint density at radius 2 is 2.00 bits per heavy atom. The number of fused-ring (bicyclic) bond motifs is 2. The summed E-state index contributed by atoms with van der Waals surface area (Å²) < 4.78 is 5.39. The Kier molecular flexibility index (Phi) is 5.62. The zero-order valence-corrected chi connectivity index (χ0v) is 16.7. The molecule has 0 aromatic heterocycles. The molecule has 0 fully saturated rings. The van der Waals surface area contributed by atoms with Gasteiger partial charge in [0.2, 0.25) is 5.91 Å². The van der Waals surface area contributed by atoms with Crippen LogP contribution >= 0.6 is 11.8 Å². The Morgan fingerprint density at radius 3 is 2.79 bits per heavy atom. The largest absolute Gasteiger partial charge is 0.494 e. The van der Waals surface area contributed by atoms with Crippen LogP contribution < -0.4 is 10.1 Å². The normalized spacial score (nSPS) is 20.9. The van der Waals surface area contributed by atoms with Crippen LogP contribution in [0.1, 0.15) is 45.4 Å². The van der Waals surface area contributed by atoms with E-state index < -0.39 is 0 Å². The predicted octanol–water partition coefficient (Wildman–Crippen LogP) is 4.33. The predicted molar refractivity (Wildman–Crippen MR) is 112 cm³/mol. The average molecular weight is 398 g/mol. The lowest BCUT2D eigenvalue weighted by Crippen LogP contribution is -2.26. The average Bonchev–Trinajstić information content (AvgIpc) is 3.07. The molecule has 7 heteroatoms. The van der Waals surface area contributed by atoms with E-state index in [1.165, 1.54) is 16.9 Å². The summed E-state index contributed by atoms with van der Waals surface area (Å²) in [4.78, 5) is 34.9. The Balaban J connectivity index is 1.33. The number of nitrogens with zero attached hydrogens (tertiary/aromatic N) is 2. The van der Waals surface area contributed by atoms with Gasteiger partial charge in [-0.15, -0.1) is 0 Å². The maximum absolute atomic E-state index is 12.5. The highest BCUT2D eigenvalue weighted by Gasteiger charge is 2.40. The van der Waals surface area contributed by atoms with Gasteiger partial charge in [-0.05, 0) is 67.4 Å². The van der Waals surface area contributed by atoms with Gasteiger partial charge in [-0.1, -0.05) is 11.8 Å². The van der Waals surface area contributed by atoms with E-state index in [9.17, 15) is 9.59 Å². The molecular weight excluding hydrogens is 374 g/mol. The van der Waals surface area contributed by atoms with Crippen molar-refractivity contribution in [2.75, 3.05) is 11.9 Å². The lowest BCUT2D eigenvalue weighted by atomic mass is 9.89. The van der Waals surface area contributed by atoms with E-state index in [1.807, 2.05) is 19.1 Å². The van der Waals surface area contributed by atoms with E-state index in [-0.39, 0.29) is 24.2 Å². The van der Waals surface area contributed by atoms with Crippen LogP contribution in [0.2, 0.25) is 0 Å². The molecule has 2 aliphatic heterocycles. The molecule has 1 N–H and O–H groups in total. The first-order chi connectivity index (χ1) is 13.6. The second-order valence-corrected chi connectivity index (χ2v) is 8.13. The summed E-state index contributed by atoms with van der Waals surface area (Å²) in [6.07, 6.45) is 4.93. The number of amides is 2. The van der Waals surface area contributed by atoms with Crippen LogP contribution in [0.4, 0.5) is 5.69 Å². The first-order valence-corrected chi connectivity index (χ1v) is 10.6. The SMILES string of the molecule is CCOc1ccc(NC(=O)CCC2=NC(=O)C3C(=N2)SC2=C3CCCC2)cc1. The van der Waals surface area contributed by atoms with Crippen molar-refractivity contribution < 1.29 is 14.3 Å². The standard InChI is InChI=1S/C21H23N3O3S/c1-2-27-14-9-7-13(8-10-14)22-18(25)12-11-17-23-20(26)19-15-5-3-4-6-16(15)28-21(19)24-17/h7-10,19H,2-6,11-12H2,1H3,(H,22,25). The molecule has 28 heavy (non-hydrogen) atoms. The molecule has 146 valence electrons. The number of benzene rings is 1. The molecule has 0 bridgehead atoms. The minimum Gasteiger partial charge on any atom is -0.494 e. The molecule has 1 aromatic rings. The van der Waals surface area contributed by atoms with E-state index >= 15 is 0 Å². The van der Waals surface area contributed by atoms with Gasteiger partial charge in [0.15, 0.2) is 0 Å². The molecule has 0 radical (unpaired) electrons. The number of hydrogen-bond acceptors (Lipinski definition) is 5. The van der Waals surface area contributed by atoms with Crippen molar-refractivity contribution in [2.45, 2.75) is 45.4 Å². The second kappa shape index (κ2) is 8.31. The molecular formula is C21H23N3O3S. The molecule has 2 heterocycles. The highest BCUT2D eigenvalue weighted by atomic mass is 32.2. The van der Waals surface area contributed by atoms with Crippen LogP contribution in [0.25, 0.3) is 0 Å². The molecule has 0 saturated carbocycles. The fraction of sp³-hybridized carbons (Fsp3) is 0.429. The molecule has 1 unspecified atom stereocenters. The summed E-state index contributed by atoms with van der Waals surface area (Å²) in [5.74, 6) is 0.739. The minimum atomic E-state index is -0.248. The van der Waals surface area contributed by atoms with Crippen molar-refractivity contribution >= 4 is 40.1 Å². The van der Waals surface area contributed by atoms with Crippen LogP contribution in [0.5, 0.6) is 5.75 Å². The van der Waals surface area contributed by atoms with Crippen molar-refractivity contribution in [1.82, 2.24) is 0 Å². The quantitative estimate of drug-likeness (QED) is 0.775. The molecule has 0 spiro atoms. The van der Waals surface area contributed by atoms with Crippen molar-refractivity contribution in [3.63, 3.8) is 0 Å². The van der Waals surface area contributed by atoms with Gasteiger partial charge >= 0.3 is 0 Å². The Hall–Kier alpha value is -2.41. The molecule has 1 aromatic carbocycles. The molecule has 6 nitrogen and oxygen atoms in total. The highest BCUT2D eigenvalue weighted by Crippen LogP contribution is 2.47. The number of carbonyl (C=O) groups excluding carboxylic acids is 2. The van der Waals surface area contributed by atoms with Crippen LogP contribution in [-0.4, -0.2) is 29.3 Å². The summed E-state index contributed by atoms with van der Waals surface area (Å²) >= 11 is 1.64. The summed E-state index contributed by atoms with van der Waals surface area (Å²) in [7, 11) is 0. The van der Waals surface area contributed by atoms with Gasteiger partial charge in [-0.3, -0.25) is 9.59 Å². The van der Waals surface area contributed by atoms with E-state index in [0.29, 0.717) is 24.6 Å². The lowest BCUT2D eigenvalue weighted by Gasteiger charge is -2.18. The van der Waals surface area contributed by atoms with E-state index in [0.717, 1.165) is 30.1 Å². The van der Waals surface area contributed by atoms with Crippen molar-refractivity contribution in [1.29, 1.82) is 0 Å². The Morgan fingerprint density at radius 1 is 1.21 bits per heavy atom. The zero-order chi connectivity index (χ0) is 19.5. The number of ether oxygens (including phenoxy) is 1. The summed E-state index contributed by atoms with van der Waals surface area (Å²) in [6, 6.07) is 7.25. The third-order valence-electron chi connectivity index (χ3n) is 5.03. The fourth-order valence-electron chi connectivity index (χ4n) is 3.70. The maximum Gasteiger partial charge on any atom is 0.261 e. The van der Waals surface area contributed by atoms with Gasteiger partial charge < -0.3 is 10.1 Å². The van der Waals surface area contributed by atoms with Crippen molar-refractivity contribution in [3.05, 3.63) is 34.7 Å². The number of thioether (sulfide) groups is 1. The third kappa shape index (κ3) is 4.04. The van der Waals surface area contributed by atoms with E-state index in [4.69, 9.17) is 4.74 Å². The third-order valence-corrected chi connectivity index (χ3v) is 6.28. The van der Waals surface area contributed by atoms with Gasteiger partial charge in [0, 0.05) is 18.5 Å². The fourth-order valence-corrected chi connectivity index (χ4v) is 5.07. The van der Waals surface area contributed by atoms with Gasteiger partial charge in [-0.25, -0.2) is 4.99 Å². The number of amidine groups is 1. The first kappa shape index (κ1) is 18.9. The Bertz CT molecular complexity index is 887. The molecule has 2 amide bonds. The zero-order valence-electron chi connectivity index (χ0n) is 15.9. The lowest BCUT2D eigenvalue weighted by molar-refractivity contribution is -0.119. The molecule has 0 saturated heterocycles. The Labute approximate surface area is 168 Å². The van der Waals surface area contributed by atoms with Crippen LogP contribution in [-0.2, 0) is 9.59 Å². The van der Waals surface area contributed by atoms with Crippen LogP contribution in [0.3, 0.4) is 0 Å². The van der Waals surface area contributed by atoms with Gasteiger partial charge in [-0.2, -0.15) is 4.99 Å². The first-order valence-electron chi connectivity index (χ1n) is 9.76. The second-order valence-electron chi connectivity index (χ2n) is 7.01. The topological polar surface area (TPSA) is 80.1 Å². The molecule has 3 aliphatic rings. The minimum absolute atomic E-state index is 0.119. The molecule has 1 atom stereocenters. The van der Waals surface area contributed by atoms with E-state index in [1.54, 1.807) is 23.9 Å². The van der Waals surface area contributed by atoms with Crippen molar-refractivity contribution in [2.24, 2.45) is 15.9 Å². The monoisotopic (exact) mass is 397 g/mol. The number of nitrogens with one attached hydrogen (secondary N) is 1. The highest BCUT2D eigenvalue weighted by molar-refractivity contribution is 8.17. The number of hydrogen-bond donors (Lipinski definition) is 1. The van der Waals surface area contributed by atoms with Gasteiger partial charge in [0.05, 0.1) is 11.7 Å². The van der Waals surface area contributed by atoms with Gasteiger partial charge in [0.25, 0.3) is 5.91 Å². The van der Waals surface area contributed by atoms with E-state index in [2.05, 4.69) is 15.3 Å². The number of allylic oxidation sites excluding steroid dienone is 1. The van der Waals surface area contributed by atoms with Crippen molar-refractivity contribution in [3.8, 4) is 5.75 Å². The molecule has 1 aliphatic carbocycles. The number of aliphatic imine (C=N–C) groups is 2. The summed E-state index contributed by atoms with van der Waals surface area (Å²) in [5.41, 5.74) is 1.95. The van der Waals surface area contributed by atoms with Crippen LogP contribution in [0.15, 0.2) is 44.7 Å². The molecule has 4 rings (SSSR count). The maximum atomic E-state index is 12.5. The van der Waals surface area contributed by atoms with Crippen LogP contribution in [0, 0.1) is 5.92 Å². The smallest absolute Gasteiger partial charge is 0.261 e. The summed E-state index contributed by atoms with van der Waals surface area (Å²) in [6.45, 7) is 2.53. The number of anilines is 1. The number of carbonyl (C=O) groups is 2. The summed E-state index contributed by atoms with van der Waals surface area (Å²) in [5, 5.41) is 3.71.